The summed E-state index contributed by atoms with van der Waals surface area (Å²) in [6.45, 7) is 1.44. The molecule has 9 heteroatoms. The summed E-state index contributed by atoms with van der Waals surface area (Å²) in [6, 6.07) is 7.02. The van der Waals surface area contributed by atoms with E-state index in [-0.39, 0.29) is 11.8 Å². The van der Waals surface area contributed by atoms with Crippen LogP contribution < -0.4 is 0 Å². The molecular formula is C15H22N2O6S. The first-order valence-corrected chi connectivity index (χ1v) is 8.57. The van der Waals surface area contributed by atoms with E-state index in [1.54, 1.807) is 24.3 Å². The van der Waals surface area contributed by atoms with Crippen LogP contribution in [0.25, 0.3) is 0 Å². The Balaban J connectivity index is 0.000000413. The summed E-state index contributed by atoms with van der Waals surface area (Å²) >= 11 is 0. The van der Waals surface area contributed by atoms with Gasteiger partial charge in [-0.2, -0.15) is 0 Å². The monoisotopic (exact) mass is 358 g/mol. The Morgan fingerprint density at radius 1 is 1.08 bits per heavy atom. The first kappa shape index (κ1) is 20.2. The largest absolute Gasteiger partial charge is 0.726 e. The highest BCUT2D eigenvalue weighted by Crippen LogP contribution is 2.22. The molecule has 8 nitrogen and oxygen atoms in total. The van der Waals surface area contributed by atoms with Gasteiger partial charge in [0, 0.05) is 13.0 Å². The number of hydrogen-bond donors (Lipinski definition) is 0. The lowest BCUT2D eigenvalue weighted by Gasteiger charge is -2.24. The molecule has 1 aliphatic rings. The van der Waals surface area contributed by atoms with E-state index in [1.165, 1.54) is 4.90 Å². The topological polar surface area (TPSA) is 104 Å². The molecule has 0 aliphatic carbocycles. The molecular weight excluding hydrogens is 336 g/mol. The first-order valence-electron chi connectivity index (χ1n) is 7.23. The second kappa shape index (κ2) is 7.84. The fraction of sp³-hybridized carbons (Fsp3) is 0.467. The molecule has 2 rings (SSSR count). The fourth-order valence-electron chi connectivity index (χ4n) is 2.15. The zero-order valence-corrected chi connectivity index (χ0v) is 15.0. The third-order valence-electron chi connectivity index (χ3n) is 3.29. The van der Waals surface area contributed by atoms with Gasteiger partial charge in [0.2, 0.25) is 10.4 Å². The number of carbonyl (C=O) groups is 2. The van der Waals surface area contributed by atoms with Crippen LogP contribution in [0.1, 0.15) is 27.1 Å². The molecule has 0 atom stereocenters. The van der Waals surface area contributed by atoms with Crippen LogP contribution in [0.3, 0.4) is 0 Å². The lowest BCUT2D eigenvalue weighted by molar-refractivity contribution is -0.870. The van der Waals surface area contributed by atoms with E-state index in [9.17, 15) is 22.6 Å². The molecule has 134 valence electrons. The SMILES string of the molecule is COS(=O)(=O)[O-].C[N+](C)(C)CCCN1C(=O)c2ccccc2C1=O. The van der Waals surface area contributed by atoms with Crippen LogP contribution in [0.2, 0.25) is 0 Å². The van der Waals surface area contributed by atoms with Crippen LogP contribution in [-0.2, 0) is 14.6 Å². The van der Waals surface area contributed by atoms with E-state index in [0.717, 1.165) is 24.6 Å². The van der Waals surface area contributed by atoms with Crippen LogP contribution in [0.4, 0.5) is 0 Å². The molecule has 0 unspecified atom stereocenters. The van der Waals surface area contributed by atoms with Crippen LogP contribution in [0.15, 0.2) is 24.3 Å². The van der Waals surface area contributed by atoms with Crippen molar-refractivity contribution in [3.8, 4) is 0 Å². The molecule has 0 radical (unpaired) electrons. The molecule has 2 amide bonds. The van der Waals surface area contributed by atoms with Crippen molar-refractivity contribution in [1.82, 2.24) is 4.90 Å². The summed E-state index contributed by atoms with van der Waals surface area (Å²) in [6.07, 6.45) is 0.828. The van der Waals surface area contributed by atoms with E-state index in [2.05, 4.69) is 25.3 Å². The molecule has 1 aromatic rings. The molecule has 1 heterocycles. The minimum atomic E-state index is -4.41. The van der Waals surface area contributed by atoms with Gasteiger partial charge in [0.15, 0.2) is 0 Å². The van der Waals surface area contributed by atoms with Crippen molar-refractivity contribution >= 4 is 22.2 Å². The predicted molar refractivity (Wildman–Crippen MR) is 86.0 cm³/mol. The first-order chi connectivity index (χ1) is 11.0. The highest BCUT2D eigenvalue weighted by molar-refractivity contribution is 7.80. The molecule has 0 N–H and O–H groups in total. The lowest BCUT2D eigenvalue weighted by Crippen LogP contribution is -2.38. The maximum atomic E-state index is 12.1. The molecule has 0 bridgehead atoms. The van der Waals surface area contributed by atoms with Crippen molar-refractivity contribution in [2.75, 3.05) is 41.3 Å². The van der Waals surface area contributed by atoms with E-state index in [4.69, 9.17) is 0 Å². The fourth-order valence-corrected chi connectivity index (χ4v) is 2.15. The maximum absolute atomic E-state index is 12.1. The molecule has 24 heavy (non-hydrogen) atoms. The zero-order chi connectivity index (χ0) is 18.5. The van der Waals surface area contributed by atoms with Gasteiger partial charge in [-0.25, -0.2) is 8.42 Å². The summed E-state index contributed by atoms with van der Waals surface area (Å²) < 4.78 is 31.9. The number of carbonyl (C=O) groups excluding carboxylic acids is 2. The second-order valence-electron chi connectivity index (χ2n) is 6.25. The van der Waals surface area contributed by atoms with Crippen molar-refractivity contribution in [2.24, 2.45) is 0 Å². The normalized spacial score (nSPS) is 14.3. The van der Waals surface area contributed by atoms with E-state index < -0.39 is 10.4 Å². The molecule has 1 aliphatic heterocycles. The summed E-state index contributed by atoms with van der Waals surface area (Å²) in [5.41, 5.74) is 1.07. The number of quaternary nitrogens is 1. The summed E-state index contributed by atoms with van der Waals surface area (Å²) in [7, 11) is 2.69. The standard InChI is InChI=1S/C14H19N2O2.CH4O4S/c1-16(2,3)10-6-9-15-13(17)11-7-4-5-8-12(11)14(15)18;1-5-6(2,3)4/h4-5,7-8H,6,9-10H2,1-3H3;1H3,(H,2,3,4)/q+1;/p-1. The highest BCUT2D eigenvalue weighted by atomic mass is 32.3. The molecule has 0 saturated heterocycles. The Kier molecular flexibility index (Phi) is 6.61. The third-order valence-corrected chi connectivity index (χ3v) is 3.70. The van der Waals surface area contributed by atoms with E-state index in [1.807, 2.05) is 0 Å². The average Bonchev–Trinajstić information content (AvgIpc) is 2.71. The van der Waals surface area contributed by atoms with Gasteiger partial charge < -0.3 is 9.04 Å². The van der Waals surface area contributed by atoms with Crippen molar-refractivity contribution in [3.63, 3.8) is 0 Å². The Bertz CT molecular complexity index is 674. The number of hydrogen-bond acceptors (Lipinski definition) is 6. The van der Waals surface area contributed by atoms with Crippen molar-refractivity contribution < 1.29 is 31.2 Å². The maximum Gasteiger partial charge on any atom is 0.261 e. The van der Waals surface area contributed by atoms with Gasteiger partial charge in [-0.3, -0.25) is 18.7 Å². The van der Waals surface area contributed by atoms with Crippen LogP contribution in [0.5, 0.6) is 0 Å². The Labute approximate surface area is 142 Å². The molecule has 0 saturated carbocycles. The van der Waals surface area contributed by atoms with Crippen LogP contribution in [0, 0.1) is 0 Å². The van der Waals surface area contributed by atoms with Crippen molar-refractivity contribution in [3.05, 3.63) is 35.4 Å². The van der Waals surface area contributed by atoms with Gasteiger partial charge in [0.05, 0.1) is 45.9 Å². The lowest BCUT2D eigenvalue weighted by atomic mass is 10.1. The quantitative estimate of drug-likeness (QED) is 0.328. The average molecular weight is 358 g/mol. The van der Waals surface area contributed by atoms with E-state index in [0.29, 0.717) is 17.7 Å². The van der Waals surface area contributed by atoms with Gasteiger partial charge in [0.1, 0.15) is 0 Å². The Morgan fingerprint density at radius 3 is 1.83 bits per heavy atom. The number of benzene rings is 1. The zero-order valence-electron chi connectivity index (χ0n) is 14.2. The van der Waals surface area contributed by atoms with Gasteiger partial charge >= 0.3 is 0 Å². The number of imide groups is 1. The minimum absolute atomic E-state index is 0.156. The minimum Gasteiger partial charge on any atom is -0.726 e. The highest BCUT2D eigenvalue weighted by Gasteiger charge is 2.34. The van der Waals surface area contributed by atoms with Gasteiger partial charge in [-0.15, -0.1) is 0 Å². The molecule has 0 spiro atoms. The van der Waals surface area contributed by atoms with Crippen molar-refractivity contribution in [2.45, 2.75) is 6.42 Å². The third kappa shape index (κ3) is 6.00. The Morgan fingerprint density at radius 2 is 1.50 bits per heavy atom. The number of fused-ring (bicyclic) bond motifs is 1. The summed E-state index contributed by atoms with van der Waals surface area (Å²) in [5.74, 6) is -0.311. The van der Waals surface area contributed by atoms with Crippen LogP contribution in [-0.4, -0.2) is 75.5 Å². The molecule has 0 fully saturated rings. The summed E-state index contributed by atoms with van der Waals surface area (Å²) in [5, 5.41) is 0. The molecule has 0 aromatic heterocycles. The van der Waals surface area contributed by atoms with Gasteiger partial charge in [-0.1, -0.05) is 12.1 Å². The Hall–Kier alpha value is -1.81. The second-order valence-corrected chi connectivity index (χ2v) is 7.40. The number of amides is 2. The van der Waals surface area contributed by atoms with Crippen molar-refractivity contribution in [1.29, 1.82) is 0 Å². The van der Waals surface area contributed by atoms with E-state index >= 15 is 0 Å². The number of rotatable bonds is 5. The summed E-state index contributed by atoms with van der Waals surface area (Å²) in [4.78, 5) is 25.5. The predicted octanol–water partition coefficient (Wildman–Crippen LogP) is 0.472. The van der Waals surface area contributed by atoms with Crippen LogP contribution >= 0.6 is 0 Å². The smallest absolute Gasteiger partial charge is 0.261 e. The number of nitrogens with zero attached hydrogens (tertiary/aromatic N) is 2. The molecule has 1 aromatic carbocycles. The van der Waals surface area contributed by atoms with Gasteiger partial charge in [-0.05, 0) is 12.1 Å². The van der Waals surface area contributed by atoms with Gasteiger partial charge in [0.25, 0.3) is 11.8 Å².